The third-order valence-corrected chi connectivity index (χ3v) is 3.18. The molecule has 0 spiro atoms. The average molecular weight is 285 g/mol. The maximum Gasteiger partial charge on any atom is 0.459 e. The van der Waals surface area contributed by atoms with E-state index in [1.165, 1.54) is 7.11 Å². The van der Waals surface area contributed by atoms with Crippen LogP contribution in [0.4, 0.5) is 27.8 Å². The van der Waals surface area contributed by atoms with Gasteiger partial charge in [0.15, 0.2) is 0 Å². The Bertz CT molecular complexity index is 464. The lowest BCUT2D eigenvalue weighted by Gasteiger charge is -2.36. The lowest BCUT2D eigenvalue weighted by Crippen LogP contribution is -2.40. The average Bonchev–Trinajstić information content (AvgIpc) is 2.57. The Morgan fingerprint density at radius 2 is 1.89 bits per heavy atom. The van der Waals surface area contributed by atoms with Crippen LogP contribution in [0.1, 0.15) is 24.6 Å². The molecule has 1 aromatic heterocycles. The van der Waals surface area contributed by atoms with Crippen LogP contribution in [-0.4, -0.2) is 29.2 Å². The van der Waals surface area contributed by atoms with Crippen molar-refractivity contribution in [3.05, 3.63) is 11.8 Å². The van der Waals surface area contributed by atoms with E-state index in [2.05, 4.69) is 5.10 Å². The Morgan fingerprint density at radius 3 is 2.37 bits per heavy atom. The van der Waals surface area contributed by atoms with Gasteiger partial charge in [-0.05, 0) is 12.8 Å². The van der Waals surface area contributed by atoms with Crippen molar-refractivity contribution in [3.63, 3.8) is 0 Å². The van der Waals surface area contributed by atoms with Gasteiger partial charge in [-0.2, -0.15) is 27.1 Å². The molecule has 4 nitrogen and oxygen atoms in total. The Balaban J connectivity index is 2.32. The monoisotopic (exact) mass is 285 g/mol. The number of ether oxygens (including phenoxy) is 1. The second-order valence-corrected chi connectivity index (χ2v) is 4.45. The first kappa shape index (κ1) is 14.0. The fourth-order valence-electron chi connectivity index (χ4n) is 2.00. The molecule has 0 atom stereocenters. The van der Waals surface area contributed by atoms with Gasteiger partial charge in [-0.25, -0.2) is 0 Å². The molecule has 9 heteroatoms. The Kier molecular flexibility index (Phi) is 3.20. The van der Waals surface area contributed by atoms with E-state index in [0.29, 0.717) is 23.6 Å². The Morgan fingerprint density at radius 1 is 1.32 bits per heavy atom. The molecule has 0 aromatic carbocycles. The van der Waals surface area contributed by atoms with Crippen molar-refractivity contribution in [1.82, 2.24) is 9.78 Å². The van der Waals surface area contributed by atoms with Gasteiger partial charge in [0.25, 0.3) is 0 Å². The minimum Gasteiger partial charge on any atom is -0.382 e. The van der Waals surface area contributed by atoms with Gasteiger partial charge >= 0.3 is 12.1 Å². The van der Waals surface area contributed by atoms with Crippen LogP contribution in [0, 0.1) is 0 Å². The molecule has 108 valence electrons. The number of nitrogen functional groups attached to an aromatic ring is 1. The van der Waals surface area contributed by atoms with E-state index in [1.54, 1.807) is 0 Å². The van der Waals surface area contributed by atoms with Crippen LogP contribution in [0.25, 0.3) is 0 Å². The highest BCUT2D eigenvalue weighted by molar-refractivity contribution is 5.33. The molecule has 0 bridgehead atoms. The number of halogens is 5. The normalized spacial score (nSPS) is 24.3. The van der Waals surface area contributed by atoms with Crippen molar-refractivity contribution in [2.24, 2.45) is 0 Å². The maximum atomic E-state index is 13.4. The maximum absolute atomic E-state index is 13.4. The third-order valence-electron chi connectivity index (χ3n) is 3.18. The third kappa shape index (κ3) is 2.26. The zero-order valence-electron chi connectivity index (χ0n) is 9.92. The molecule has 1 heterocycles. The van der Waals surface area contributed by atoms with Gasteiger partial charge in [-0.15, -0.1) is 0 Å². The molecule has 0 radical (unpaired) electrons. The summed E-state index contributed by atoms with van der Waals surface area (Å²) in [6.07, 6.45) is -5.17. The van der Waals surface area contributed by atoms with Crippen molar-refractivity contribution in [2.75, 3.05) is 12.8 Å². The summed E-state index contributed by atoms with van der Waals surface area (Å²) in [7, 11) is 1.45. The first-order valence-electron chi connectivity index (χ1n) is 5.49. The first-order valence-corrected chi connectivity index (χ1v) is 5.49. The number of rotatable bonds is 3. The topological polar surface area (TPSA) is 53.1 Å². The highest BCUT2D eigenvalue weighted by Gasteiger charge is 2.61. The van der Waals surface area contributed by atoms with Gasteiger partial charge < -0.3 is 10.5 Å². The lowest BCUT2D eigenvalue weighted by atomic mass is 9.89. The predicted octanol–water partition coefficient (Wildman–Crippen LogP) is 2.47. The number of nitrogens with zero attached hydrogens (tertiary/aromatic N) is 2. The van der Waals surface area contributed by atoms with E-state index >= 15 is 0 Å². The fourth-order valence-corrected chi connectivity index (χ4v) is 2.00. The zero-order valence-corrected chi connectivity index (χ0v) is 9.92. The van der Waals surface area contributed by atoms with Crippen molar-refractivity contribution in [2.45, 2.75) is 37.1 Å². The zero-order chi connectivity index (χ0) is 14.4. The van der Waals surface area contributed by atoms with E-state index in [9.17, 15) is 22.0 Å². The number of alkyl halides is 5. The molecule has 0 amide bonds. The van der Waals surface area contributed by atoms with Crippen molar-refractivity contribution < 1.29 is 26.7 Å². The number of hydrogen-bond donors (Lipinski definition) is 1. The van der Waals surface area contributed by atoms with E-state index in [-0.39, 0.29) is 11.9 Å². The van der Waals surface area contributed by atoms with Crippen LogP contribution in [0.15, 0.2) is 6.07 Å². The van der Waals surface area contributed by atoms with Crippen molar-refractivity contribution >= 4 is 5.82 Å². The van der Waals surface area contributed by atoms with Crippen LogP contribution in [0.2, 0.25) is 0 Å². The van der Waals surface area contributed by atoms with Crippen LogP contribution in [-0.2, 0) is 10.7 Å². The van der Waals surface area contributed by atoms with Gasteiger partial charge in [0.1, 0.15) is 11.5 Å². The molecule has 1 aliphatic carbocycles. The molecular formula is C10H12F5N3O. The molecule has 0 saturated heterocycles. The highest BCUT2D eigenvalue weighted by atomic mass is 19.4. The lowest BCUT2D eigenvalue weighted by molar-refractivity contribution is -0.292. The minimum atomic E-state index is -5.68. The van der Waals surface area contributed by atoms with E-state index in [1.807, 2.05) is 0 Å². The smallest absolute Gasteiger partial charge is 0.382 e. The highest BCUT2D eigenvalue weighted by Crippen LogP contribution is 2.46. The van der Waals surface area contributed by atoms with E-state index < -0.39 is 23.8 Å². The predicted molar refractivity (Wildman–Crippen MR) is 55.7 cm³/mol. The molecular weight excluding hydrogens is 273 g/mol. The number of anilines is 1. The molecule has 2 N–H and O–H groups in total. The molecule has 1 aliphatic rings. The van der Waals surface area contributed by atoms with Crippen molar-refractivity contribution in [1.29, 1.82) is 0 Å². The van der Waals surface area contributed by atoms with Crippen LogP contribution in [0.3, 0.4) is 0 Å². The quantitative estimate of drug-likeness (QED) is 0.868. The summed E-state index contributed by atoms with van der Waals surface area (Å²) in [6, 6.07) is 0.0126. The molecule has 0 aliphatic heterocycles. The second-order valence-electron chi connectivity index (χ2n) is 4.45. The van der Waals surface area contributed by atoms with Gasteiger partial charge in [0.2, 0.25) is 0 Å². The molecule has 19 heavy (non-hydrogen) atoms. The van der Waals surface area contributed by atoms with Gasteiger partial charge in [0.05, 0.1) is 12.1 Å². The summed E-state index contributed by atoms with van der Waals surface area (Å²) in [5, 5.41) is 3.54. The summed E-state index contributed by atoms with van der Waals surface area (Å²) in [5.74, 6) is -5.34. The minimum absolute atomic E-state index is 0.150. The molecule has 1 fully saturated rings. The number of methoxy groups -OCH3 is 1. The van der Waals surface area contributed by atoms with Gasteiger partial charge in [-0.3, -0.25) is 4.68 Å². The number of aromatic nitrogens is 2. The molecule has 2 rings (SSSR count). The fraction of sp³-hybridized carbons (Fsp3) is 0.700. The molecule has 0 unspecified atom stereocenters. The SMILES string of the molecule is CO[C@H]1C[C@H](n2nc(N)cc2C(F)(F)C(F)(F)F)C1. The first-order chi connectivity index (χ1) is 8.66. The number of nitrogens with two attached hydrogens (primary N) is 1. The summed E-state index contributed by atoms with van der Waals surface area (Å²) in [6.45, 7) is 0. The van der Waals surface area contributed by atoms with Gasteiger partial charge in [0, 0.05) is 13.2 Å². The van der Waals surface area contributed by atoms with Crippen molar-refractivity contribution in [3.8, 4) is 0 Å². The van der Waals surface area contributed by atoms with Crippen LogP contribution in [0.5, 0.6) is 0 Å². The summed E-state index contributed by atoms with van der Waals surface area (Å²) < 4.78 is 69.5. The molecule has 1 saturated carbocycles. The van der Waals surface area contributed by atoms with Gasteiger partial charge in [-0.1, -0.05) is 0 Å². The Hall–Kier alpha value is -1.38. The summed E-state index contributed by atoms with van der Waals surface area (Å²) in [4.78, 5) is 0. The standard InChI is InChI=1S/C10H12F5N3O/c1-19-6-2-5(3-6)18-7(4-8(16)17-18)9(11,12)10(13,14)15/h4-6H,2-3H2,1H3,(H2,16,17)/t5-,6-. The van der Waals surface area contributed by atoms with E-state index in [0.717, 1.165) is 0 Å². The second kappa shape index (κ2) is 4.32. The summed E-state index contributed by atoms with van der Waals surface area (Å²) in [5.41, 5.74) is 4.01. The van der Waals surface area contributed by atoms with E-state index in [4.69, 9.17) is 10.5 Å². The largest absolute Gasteiger partial charge is 0.459 e. The Labute approximate surface area is 105 Å². The van der Waals surface area contributed by atoms with Crippen LogP contribution < -0.4 is 5.73 Å². The summed E-state index contributed by atoms with van der Waals surface area (Å²) >= 11 is 0. The van der Waals surface area contributed by atoms with Crippen LogP contribution >= 0.6 is 0 Å². The number of hydrogen-bond acceptors (Lipinski definition) is 3. The molecule has 1 aromatic rings.